The van der Waals surface area contributed by atoms with Crippen molar-refractivity contribution in [3.8, 4) is 28.4 Å². The molecule has 4 aromatic rings. The quantitative estimate of drug-likeness (QED) is 0.282. The van der Waals surface area contributed by atoms with Gasteiger partial charge in [0.1, 0.15) is 17.2 Å². The highest BCUT2D eigenvalue weighted by Gasteiger charge is 2.12. The number of hydrogen-bond acceptors (Lipinski definition) is 4. The van der Waals surface area contributed by atoms with Crippen LogP contribution in [-0.4, -0.2) is 16.8 Å². The summed E-state index contributed by atoms with van der Waals surface area (Å²) in [5.41, 5.74) is 5.61. The fourth-order valence-corrected chi connectivity index (χ4v) is 4.32. The number of phenols is 2. The molecule has 1 aliphatic heterocycles. The number of rotatable bonds is 7. The van der Waals surface area contributed by atoms with Gasteiger partial charge in [0.05, 0.1) is 6.61 Å². The van der Waals surface area contributed by atoms with Gasteiger partial charge in [0.25, 0.3) is 0 Å². The van der Waals surface area contributed by atoms with Crippen LogP contribution in [0.2, 0.25) is 0 Å². The summed E-state index contributed by atoms with van der Waals surface area (Å²) in [6.45, 7) is 0.595. The third kappa shape index (κ3) is 5.39. The van der Waals surface area contributed by atoms with Crippen LogP contribution in [0.4, 0.5) is 0 Å². The minimum atomic E-state index is 0.246. The molecule has 0 saturated heterocycles. The van der Waals surface area contributed by atoms with Crippen LogP contribution in [0.15, 0.2) is 115 Å². The first-order chi connectivity index (χ1) is 17.2. The molecule has 0 fully saturated rings. The van der Waals surface area contributed by atoms with Crippen LogP contribution >= 0.6 is 0 Å². The summed E-state index contributed by atoms with van der Waals surface area (Å²) >= 11 is 0. The van der Waals surface area contributed by atoms with Crippen LogP contribution in [0, 0.1) is 0 Å². The van der Waals surface area contributed by atoms with Crippen molar-refractivity contribution < 1.29 is 14.9 Å². The molecule has 0 unspecified atom stereocenters. The highest BCUT2D eigenvalue weighted by atomic mass is 16.5. The number of hydrogen-bond donors (Lipinski definition) is 3. The molecule has 35 heavy (non-hydrogen) atoms. The van der Waals surface area contributed by atoms with Crippen molar-refractivity contribution >= 4 is 10.8 Å². The fourth-order valence-electron chi connectivity index (χ4n) is 4.32. The average molecular weight is 462 g/mol. The highest BCUT2D eigenvalue weighted by molar-refractivity contribution is 5.93. The van der Waals surface area contributed by atoms with Gasteiger partial charge in [-0.25, -0.2) is 0 Å². The summed E-state index contributed by atoms with van der Waals surface area (Å²) in [4.78, 5) is 0. The molecule has 1 aliphatic rings. The first-order valence-corrected chi connectivity index (χ1v) is 11.7. The summed E-state index contributed by atoms with van der Waals surface area (Å²) in [5.74, 6) is 1.34. The second-order valence-electron chi connectivity index (χ2n) is 8.54. The molecule has 174 valence electrons. The van der Waals surface area contributed by atoms with Gasteiger partial charge in [-0.05, 0) is 88.0 Å². The number of benzene rings is 4. The molecule has 0 aromatic heterocycles. The molecule has 0 spiro atoms. The number of phenolic OH excluding ortho intramolecular Hbond substituents is 2. The van der Waals surface area contributed by atoms with Crippen molar-refractivity contribution in [1.29, 1.82) is 0 Å². The van der Waals surface area contributed by atoms with Gasteiger partial charge in [-0.15, -0.1) is 0 Å². The van der Waals surface area contributed by atoms with E-state index in [2.05, 4.69) is 29.6 Å². The van der Waals surface area contributed by atoms with E-state index in [1.165, 1.54) is 11.1 Å². The van der Waals surface area contributed by atoms with E-state index in [0.29, 0.717) is 6.61 Å². The topological polar surface area (TPSA) is 61.7 Å². The molecule has 0 bridgehead atoms. The van der Waals surface area contributed by atoms with E-state index in [4.69, 9.17) is 4.74 Å². The van der Waals surface area contributed by atoms with Crippen molar-refractivity contribution in [3.63, 3.8) is 0 Å². The van der Waals surface area contributed by atoms with Crippen LogP contribution in [-0.2, 0) is 6.42 Å². The van der Waals surface area contributed by atoms with Gasteiger partial charge in [-0.3, -0.25) is 0 Å². The molecule has 4 nitrogen and oxygen atoms in total. The van der Waals surface area contributed by atoms with E-state index in [9.17, 15) is 10.2 Å². The van der Waals surface area contributed by atoms with Gasteiger partial charge < -0.3 is 20.3 Å². The summed E-state index contributed by atoms with van der Waals surface area (Å²) in [5, 5.41) is 25.0. The Hall–Kier alpha value is -4.44. The monoisotopic (exact) mass is 461 g/mol. The molecular formula is C31H27NO3. The molecule has 0 radical (unpaired) electrons. The fraction of sp³-hybridized carbons (Fsp3) is 0.0968. The zero-order valence-corrected chi connectivity index (χ0v) is 19.3. The predicted octanol–water partition coefficient (Wildman–Crippen LogP) is 6.83. The zero-order valence-electron chi connectivity index (χ0n) is 19.3. The number of ether oxygens (including phenoxy) is 1. The predicted molar refractivity (Wildman–Crippen MR) is 142 cm³/mol. The molecule has 0 saturated carbocycles. The Balaban J connectivity index is 1.37. The van der Waals surface area contributed by atoms with Gasteiger partial charge in [0, 0.05) is 18.3 Å². The Morgan fingerprint density at radius 2 is 1.54 bits per heavy atom. The second kappa shape index (κ2) is 10.2. The van der Waals surface area contributed by atoms with Gasteiger partial charge >= 0.3 is 0 Å². The maximum absolute atomic E-state index is 9.97. The minimum Gasteiger partial charge on any atom is -0.508 e. The van der Waals surface area contributed by atoms with E-state index in [1.54, 1.807) is 24.3 Å². The SMILES string of the molecule is Oc1ccc(-c2ccc3cc(O)ccc3c2Cc2ccc(OCCC3=CC=CC=CN3)cc2)cc1. The lowest BCUT2D eigenvalue weighted by atomic mass is 9.90. The number of allylic oxidation sites excluding steroid dienone is 4. The van der Waals surface area contributed by atoms with Crippen molar-refractivity contribution in [1.82, 2.24) is 5.32 Å². The number of aromatic hydroxyl groups is 2. The second-order valence-corrected chi connectivity index (χ2v) is 8.54. The first kappa shape index (κ1) is 22.4. The summed E-state index contributed by atoms with van der Waals surface area (Å²) in [6.07, 6.45) is 11.5. The third-order valence-corrected chi connectivity index (χ3v) is 6.12. The van der Waals surface area contributed by atoms with E-state index in [0.717, 1.165) is 46.2 Å². The Labute approximate surface area is 205 Å². The number of nitrogens with one attached hydrogen (secondary N) is 1. The smallest absolute Gasteiger partial charge is 0.119 e. The van der Waals surface area contributed by atoms with Gasteiger partial charge in [0.15, 0.2) is 0 Å². The van der Waals surface area contributed by atoms with Crippen LogP contribution < -0.4 is 10.1 Å². The zero-order chi connectivity index (χ0) is 24.0. The van der Waals surface area contributed by atoms with Crippen LogP contribution in [0.25, 0.3) is 21.9 Å². The van der Waals surface area contributed by atoms with E-state index in [-0.39, 0.29) is 11.5 Å². The van der Waals surface area contributed by atoms with Crippen LogP contribution in [0.1, 0.15) is 17.5 Å². The minimum absolute atomic E-state index is 0.246. The Morgan fingerprint density at radius 1 is 0.743 bits per heavy atom. The van der Waals surface area contributed by atoms with Crippen molar-refractivity contribution in [2.24, 2.45) is 0 Å². The van der Waals surface area contributed by atoms with Crippen LogP contribution in [0.3, 0.4) is 0 Å². The molecule has 3 N–H and O–H groups in total. The van der Waals surface area contributed by atoms with Gasteiger partial charge in [-0.2, -0.15) is 0 Å². The van der Waals surface area contributed by atoms with E-state index in [1.807, 2.05) is 60.8 Å². The largest absolute Gasteiger partial charge is 0.508 e. The summed E-state index contributed by atoms with van der Waals surface area (Å²) in [7, 11) is 0. The Kier molecular flexibility index (Phi) is 6.53. The lowest BCUT2D eigenvalue weighted by molar-refractivity contribution is 0.319. The van der Waals surface area contributed by atoms with Crippen molar-refractivity contribution in [2.75, 3.05) is 6.61 Å². The highest BCUT2D eigenvalue weighted by Crippen LogP contribution is 2.34. The van der Waals surface area contributed by atoms with E-state index >= 15 is 0 Å². The van der Waals surface area contributed by atoms with Gasteiger partial charge in [0.2, 0.25) is 0 Å². The molecular weight excluding hydrogens is 434 g/mol. The molecule has 5 rings (SSSR count). The normalized spacial score (nSPS) is 12.7. The van der Waals surface area contributed by atoms with Crippen molar-refractivity contribution in [2.45, 2.75) is 12.8 Å². The summed E-state index contributed by atoms with van der Waals surface area (Å²) in [6, 6.07) is 25.1. The molecule has 1 heterocycles. The Bertz CT molecular complexity index is 1410. The lowest BCUT2D eigenvalue weighted by Crippen LogP contribution is -2.08. The molecule has 0 atom stereocenters. The third-order valence-electron chi connectivity index (χ3n) is 6.12. The summed E-state index contributed by atoms with van der Waals surface area (Å²) < 4.78 is 5.96. The standard InChI is InChI=1S/C31H27NO3/c33-26-10-7-23(8-11-26)29-15-9-24-21-27(34)12-16-30(24)31(29)20-22-5-13-28(14-6-22)35-19-17-25-4-2-1-3-18-32-25/h1-16,18,21,32-34H,17,19-20H2. The lowest BCUT2D eigenvalue weighted by Gasteiger charge is -2.15. The maximum Gasteiger partial charge on any atom is 0.119 e. The maximum atomic E-state index is 9.97. The Morgan fingerprint density at radius 3 is 2.37 bits per heavy atom. The molecule has 4 heteroatoms. The first-order valence-electron chi connectivity index (χ1n) is 11.7. The average Bonchev–Trinajstić information content (AvgIpc) is 3.15. The molecule has 0 amide bonds. The van der Waals surface area contributed by atoms with E-state index < -0.39 is 0 Å². The van der Waals surface area contributed by atoms with Crippen molar-refractivity contribution in [3.05, 3.63) is 126 Å². The van der Waals surface area contributed by atoms with Crippen LogP contribution in [0.5, 0.6) is 17.2 Å². The number of fused-ring (bicyclic) bond motifs is 1. The van der Waals surface area contributed by atoms with Gasteiger partial charge in [-0.1, -0.05) is 54.6 Å². The molecule has 4 aromatic carbocycles. The molecule has 0 aliphatic carbocycles.